The second kappa shape index (κ2) is 8.51. The van der Waals surface area contributed by atoms with Crippen LogP contribution in [0.15, 0.2) is 18.2 Å². The summed E-state index contributed by atoms with van der Waals surface area (Å²) in [6.07, 6.45) is 4.23. The van der Waals surface area contributed by atoms with Crippen molar-refractivity contribution in [2.45, 2.75) is 32.6 Å². The SMILES string of the molecule is Cc1cc(NC(=O)CN2CCC[C@H](CCCO)C2)ccc1Cl. The predicted octanol–water partition coefficient (Wildman–Crippen LogP) is 3.07. The zero-order chi connectivity index (χ0) is 15.9. The number of rotatable bonds is 6. The maximum Gasteiger partial charge on any atom is 0.238 e. The molecule has 4 nitrogen and oxygen atoms in total. The molecule has 1 amide bonds. The van der Waals surface area contributed by atoms with Gasteiger partial charge < -0.3 is 10.4 Å². The quantitative estimate of drug-likeness (QED) is 0.845. The van der Waals surface area contributed by atoms with Gasteiger partial charge in [0.1, 0.15) is 0 Å². The van der Waals surface area contributed by atoms with Crippen LogP contribution < -0.4 is 5.32 Å². The number of anilines is 1. The van der Waals surface area contributed by atoms with Crippen LogP contribution in [0, 0.1) is 12.8 Å². The van der Waals surface area contributed by atoms with E-state index in [-0.39, 0.29) is 12.5 Å². The highest BCUT2D eigenvalue weighted by atomic mass is 35.5. The van der Waals surface area contributed by atoms with Crippen molar-refractivity contribution in [1.29, 1.82) is 0 Å². The van der Waals surface area contributed by atoms with E-state index in [1.165, 1.54) is 6.42 Å². The number of carbonyl (C=O) groups excluding carboxylic acids is 1. The Labute approximate surface area is 137 Å². The van der Waals surface area contributed by atoms with Gasteiger partial charge in [0.2, 0.25) is 5.91 Å². The molecule has 1 atom stereocenters. The molecule has 0 saturated carbocycles. The first-order chi connectivity index (χ1) is 10.6. The van der Waals surface area contributed by atoms with Gasteiger partial charge in [-0.3, -0.25) is 9.69 Å². The van der Waals surface area contributed by atoms with Crippen LogP contribution in [-0.4, -0.2) is 42.2 Å². The van der Waals surface area contributed by atoms with Crippen LogP contribution >= 0.6 is 11.6 Å². The van der Waals surface area contributed by atoms with Crippen molar-refractivity contribution in [3.63, 3.8) is 0 Å². The molecule has 1 aromatic rings. The fourth-order valence-electron chi connectivity index (χ4n) is 3.04. The van der Waals surface area contributed by atoms with Gasteiger partial charge in [0.15, 0.2) is 0 Å². The number of benzene rings is 1. The van der Waals surface area contributed by atoms with Crippen LogP contribution in [0.3, 0.4) is 0 Å². The van der Waals surface area contributed by atoms with Crippen molar-refractivity contribution in [3.8, 4) is 0 Å². The Kier molecular flexibility index (Phi) is 6.68. The minimum atomic E-state index is 0.0181. The van der Waals surface area contributed by atoms with Gasteiger partial charge in [-0.2, -0.15) is 0 Å². The number of aliphatic hydroxyl groups is 1. The van der Waals surface area contributed by atoms with Crippen molar-refractivity contribution in [1.82, 2.24) is 4.90 Å². The normalized spacial score (nSPS) is 19.1. The third-order valence-electron chi connectivity index (χ3n) is 4.18. The number of nitrogens with zero attached hydrogens (tertiary/aromatic N) is 1. The molecule has 1 aliphatic rings. The molecule has 0 unspecified atom stereocenters. The first kappa shape index (κ1) is 17.3. The number of amides is 1. The third-order valence-corrected chi connectivity index (χ3v) is 4.61. The van der Waals surface area contributed by atoms with E-state index in [1.54, 1.807) is 6.07 Å². The van der Waals surface area contributed by atoms with Gasteiger partial charge in [-0.15, -0.1) is 0 Å². The molecular formula is C17H25ClN2O2. The average Bonchev–Trinajstić information content (AvgIpc) is 2.49. The molecule has 2 rings (SSSR count). The smallest absolute Gasteiger partial charge is 0.238 e. The number of aliphatic hydroxyl groups excluding tert-OH is 1. The van der Waals surface area contributed by atoms with Crippen molar-refractivity contribution < 1.29 is 9.90 Å². The Morgan fingerprint density at radius 3 is 3.05 bits per heavy atom. The molecule has 0 bridgehead atoms. The monoisotopic (exact) mass is 324 g/mol. The lowest BCUT2D eigenvalue weighted by atomic mass is 9.93. The summed E-state index contributed by atoms with van der Waals surface area (Å²) in [6.45, 7) is 4.54. The van der Waals surface area contributed by atoms with Crippen molar-refractivity contribution >= 4 is 23.2 Å². The summed E-state index contributed by atoms with van der Waals surface area (Å²) in [7, 11) is 0. The molecule has 22 heavy (non-hydrogen) atoms. The standard InChI is InChI=1S/C17H25ClN2O2/c1-13-10-15(6-7-16(13)18)19-17(22)12-20-8-2-4-14(11-20)5-3-9-21/h6-7,10,14,21H,2-5,8-9,11-12H2,1H3,(H,19,22)/t14-/m1/s1. The van der Waals surface area contributed by atoms with Crippen molar-refractivity contribution in [3.05, 3.63) is 28.8 Å². The number of hydrogen-bond acceptors (Lipinski definition) is 3. The Morgan fingerprint density at radius 2 is 2.32 bits per heavy atom. The molecule has 0 aromatic heterocycles. The minimum absolute atomic E-state index is 0.0181. The van der Waals surface area contributed by atoms with E-state index in [2.05, 4.69) is 10.2 Å². The molecule has 1 aliphatic heterocycles. The van der Waals surface area contributed by atoms with Gasteiger partial charge in [-0.1, -0.05) is 11.6 Å². The van der Waals surface area contributed by atoms with E-state index in [4.69, 9.17) is 16.7 Å². The van der Waals surface area contributed by atoms with E-state index in [0.717, 1.165) is 43.6 Å². The second-order valence-electron chi connectivity index (χ2n) is 6.12. The summed E-state index contributed by atoms with van der Waals surface area (Å²) < 4.78 is 0. The predicted molar refractivity (Wildman–Crippen MR) is 90.3 cm³/mol. The topological polar surface area (TPSA) is 52.6 Å². The van der Waals surface area contributed by atoms with E-state index in [9.17, 15) is 4.79 Å². The maximum absolute atomic E-state index is 12.2. The Bertz CT molecular complexity index is 507. The van der Waals surface area contributed by atoms with Gasteiger partial charge in [-0.25, -0.2) is 0 Å². The molecule has 1 heterocycles. The van der Waals surface area contributed by atoms with Crippen LogP contribution in [0.25, 0.3) is 0 Å². The fraction of sp³-hybridized carbons (Fsp3) is 0.588. The number of halogens is 1. The van der Waals surface area contributed by atoms with Gasteiger partial charge in [0, 0.05) is 23.9 Å². The summed E-state index contributed by atoms with van der Waals surface area (Å²) in [6, 6.07) is 5.52. The Morgan fingerprint density at radius 1 is 1.50 bits per heavy atom. The van der Waals surface area contributed by atoms with Crippen LogP contribution in [0.5, 0.6) is 0 Å². The number of aryl methyl sites for hydroxylation is 1. The lowest BCUT2D eigenvalue weighted by molar-refractivity contribution is -0.117. The first-order valence-electron chi connectivity index (χ1n) is 7.97. The van der Waals surface area contributed by atoms with Crippen LogP contribution in [0.2, 0.25) is 5.02 Å². The lowest BCUT2D eigenvalue weighted by Crippen LogP contribution is -2.40. The van der Waals surface area contributed by atoms with Gasteiger partial charge in [-0.05, 0) is 68.8 Å². The maximum atomic E-state index is 12.2. The largest absolute Gasteiger partial charge is 0.396 e. The summed E-state index contributed by atoms with van der Waals surface area (Å²) in [4.78, 5) is 14.4. The van der Waals surface area contributed by atoms with Gasteiger partial charge in [0.05, 0.1) is 6.54 Å². The van der Waals surface area contributed by atoms with Gasteiger partial charge in [0.25, 0.3) is 0 Å². The van der Waals surface area contributed by atoms with Crippen molar-refractivity contribution in [2.24, 2.45) is 5.92 Å². The highest BCUT2D eigenvalue weighted by molar-refractivity contribution is 6.31. The molecule has 0 radical (unpaired) electrons. The van der Waals surface area contributed by atoms with Crippen molar-refractivity contribution in [2.75, 3.05) is 31.6 Å². The molecule has 1 fully saturated rings. The van der Waals surface area contributed by atoms with Crippen LogP contribution in [0.1, 0.15) is 31.2 Å². The van der Waals surface area contributed by atoms with Crippen LogP contribution in [-0.2, 0) is 4.79 Å². The molecule has 2 N–H and O–H groups in total. The molecule has 0 aliphatic carbocycles. The highest BCUT2D eigenvalue weighted by Gasteiger charge is 2.21. The highest BCUT2D eigenvalue weighted by Crippen LogP contribution is 2.21. The molecule has 5 heteroatoms. The fourth-order valence-corrected chi connectivity index (χ4v) is 3.15. The molecule has 0 spiro atoms. The van der Waals surface area contributed by atoms with E-state index in [0.29, 0.717) is 17.5 Å². The third kappa shape index (κ3) is 5.27. The van der Waals surface area contributed by atoms with Gasteiger partial charge >= 0.3 is 0 Å². The lowest BCUT2D eigenvalue weighted by Gasteiger charge is -2.32. The molecular weight excluding hydrogens is 300 g/mol. The molecule has 122 valence electrons. The van der Waals surface area contributed by atoms with E-state index >= 15 is 0 Å². The average molecular weight is 325 g/mol. The number of likely N-dealkylation sites (tertiary alicyclic amines) is 1. The second-order valence-corrected chi connectivity index (χ2v) is 6.53. The summed E-state index contributed by atoms with van der Waals surface area (Å²) in [5.74, 6) is 0.621. The Hall–Kier alpha value is -1.10. The zero-order valence-electron chi connectivity index (χ0n) is 13.1. The van der Waals surface area contributed by atoms with E-state index < -0.39 is 0 Å². The number of nitrogens with one attached hydrogen (secondary N) is 1. The van der Waals surface area contributed by atoms with Crippen LogP contribution in [0.4, 0.5) is 5.69 Å². The number of hydrogen-bond donors (Lipinski definition) is 2. The molecule has 1 aromatic carbocycles. The minimum Gasteiger partial charge on any atom is -0.396 e. The first-order valence-corrected chi connectivity index (χ1v) is 8.35. The number of piperidine rings is 1. The Balaban J connectivity index is 1.82. The summed E-state index contributed by atoms with van der Waals surface area (Å²) in [5, 5.41) is 12.6. The molecule has 1 saturated heterocycles. The van der Waals surface area contributed by atoms with E-state index in [1.807, 2.05) is 19.1 Å². The number of carbonyl (C=O) groups is 1. The summed E-state index contributed by atoms with van der Waals surface area (Å²) >= 11 is 5.99. The summed E-state index contributed by atoms with van der Waals surface area (Å²) in [5.41, 5.74) is 1.75. The zero-order valence-corrected chi connectivity index (χ0v) is 13.9.